The minimum atomic E-state index is -0.741. The van der Waals surface area contributed by atoms with Gasteiger partial charge in [0.15, 0.2) is 0 Å². The molecule has 0 spiro atoms. The number of fused-ring (bicyclic) bond motifs is 1. The number of H-pyrrole nitrogens is 1. The number of anilines is 1. The van der Waals surface area contributed by atoms with Crippen LogP contribution in [0.25, 0.3) is 5.65 Å². The maximum atomic E-state index is 14.8. The van der Waals surface area contributed by atoms with Crippen LogP contribution in [0.5, 0.6) is 5.75 Å². The van der Waals surface area contributed by atoms with Crippen LogP contribution in [0.2, 0.25) is 0 Å². The number of aromatic hydroxyl groups is 1. The summed E-state index contributed by atoms with van der Waals surface area (Å²) in [4.78, 5) is 28.1. The summed E-state index contributed by atoms with van der Waals surface area (Å²) in [5, 5.41) is 12.9. The molecule has 0 bridgehead atoms. The summed E-state index contributed by atoms with van der Waals surface area (Å²) >= 11 is 0. The highest BCUT2D eigenvalue weighted by molar-refractivity contribution is 6.04. The van der Waals surface area contributed by atoms with Gasteiger partial charge in [-0.15, -0.1) is 0 Å². The zero-order valence-corrected chi connectivity index (χ0v) is 16.5. The Kier molecular flexibility index (Phi) is 4.68. The molecule has 0 atom stereocenters. The predicted molar refractivity (Wildman–Crippen MR) is 109 cm³/mol. The van der Waals surface area contributed by atoms with E-state index in [1.165, 1.54) is 22.7 Å². The molecule has 152 valence electrons. The van der Waals surface area contributed by atoms with E-state index in [2.05, 4.69) is 10.3 Å². The highest BCUT2D eigenvalue weighted by Crippen LogP contribution is 2.44. The summed E-state index contributed by atoms with van der Waals surface area (Å²) in [6.07, 6.45) is 7.93. The van der Waals surface area contributed by atoms with Gasteiger partial charge in [-0.05, 0) is 42.9 Å². The van der Waals surface area contributed by atoms with Crippen LogP contribution in [0.4, 0.5) is 10.1 Å². The van der Waals surface area contributed by atoms with Crippen LogP contribution < -0.4 is 10.9 Å². The molecular weight excluding hydrogens is 373 g/mol. The van der Waals surface area contributed by atoms with E-state index >= 15 is 0 Å². The number of benzene rings is 1. The first-order valence-corrected chi connectivity index (χ1v) is 9.83. The standard InChI is InChI=1S/C22H24FN3O3/c1-13-8-19-24-11-14(21(29)26(19)12-13)20(28)25-17-10-18(27)15(9-16(17)23)22(2)6-4-3-5-7-22/h8-12,24,27H,3-7H2,1-2H3,(H,25,28). The minimum absolute atomic E-state index is 0.0449. The van der Waals surface area contributed by atoms with Gasteiger partial charge in [0, 0.05) is 24.0 Å². The number of hydrogen-bond donors (Lipinski definition) is 3. The quantitative estimate of drug-likeness (QED) is 0.617. The number of halogens is 1. The van der Waals surface area contributed by atoms with E-state index in [0.29, 0.717) is 11.2 Å². The maximum absolute atomic E-state index is 14.8. The first kappa shape index (κ1) is 19.2. The number of aromatic nitrogens is 2. The van der Waals surface area contributed by atoms with E-state index in [0.717, 1.165) is 37.7 Å². The molecule has 1 aliphatic carbocycles. The van der Waals surface area contributed by atoms with Crippen molar-refractivity contribution < 1.29 is 14.3 Å². The number of aryl methyl sites for hydroxylation is 1. The fraction of sp³-hybridized carbons (Fsp3) is 0.364. The van der Waals surface area contributed by atoms with Gasteiger partial charge in [0.05, 0.1) is 5.69 Å². The van der Waals surface area contributed by atoms with Crippen LogP contribution in [-0.4, -0.2) is 20.4 Å². The Labute approximate surface area is 167 Å². The normalized spacial score (nSPS) is 16.1. The molecule has 0 radical (unpaired) electrons. The number of phenolic OH excluding ortho intramolecular Hbond substituents is 1. The predicted octanol–water partition coefficient (Wildman–Crippen LogP) is 4.25. The van der Waals surface area contributed by atoms with E-state index in [1.807, 2.05) is 13.8 Å². The lowest BCUT2D eigenvalue weighted by Crippen LogP contribution is -2.27. The van der Waals surface area contributed by atoms with Crippen LogP contribution in [0.15, 0.2) is 35.4 Å². The number of phenols is 1. The number of aromatic amines is 1. The molecule has 7 heteroatoms. The number of nitrogens with one attached hydrogen (secondary N) is 2. The zero-order chi connectivity index (χ0) is 20.8. The molecule has 1 amide bonds. The molecule has 1 aromatic carbocycles. The van der Waals surface area contributed by atoms with Crippen molar-refractivity contribution in [3.05, 3.63) is 63.5 Å². The number of carbonyl (C=O) groups excluding carboxylic acids is 1. The fourth-order valence-electron chi connectivity index (χ4n) is 4.31. The minimum Gasteiger partial charge on any atom is -0.508 e. The molecule has 0 aliphatic heterocycles. The van der Waals surface area contributed by atoms with Gasteiger partial charge in [0.25, 0.3) is 11.5 Å². The first-order chi connectivity index (χ1) is 13.8. The third-order valence-electron chi connectivity index (χ3n) is 5.96. The Hall–Kier alpha value is -3.09. The average molecular weight is 397 g/mol. The van der Waals surface area contributed by atoms with Gasteiger partial charge in [0.2, 0.25) is 0 Å². The van der Waals surface area contributed by atoms with E-state index in [-0.39, 0.29) is 22.4 Å². The molecule has 1 aliphatic rings. The van der Waals surface area contributed by atoms with Gasteiger partial charge in [-0.25, -0.2) is 4.39 Å². The molecule has 29 heavy (non-hydrogen) atoms. The molecular formula is C22H24FN3O3. The van der Waals surface area contributed by atoms with Crippen molar-refractivity contribution in [3.63, 3.8) is 0 Å². The lowest BCUT2D eigenvalue weighted by atomic mass is 9.70. The lowest BCUT2D eigenvalue weighted by molar-refractivity contribution is 0.102. The number of amides is 1. The van der Waals surface area contributed by atoms with Gasteiger partial charge >= 0.3 is 0 Å². The van der Waals surface area contributed by atoms with Crippen molar-refractivity contribution >= 4 is 17.2 Å². The van der Waals surface area contributed by atoms with Crippen molar-refractivity contribution in [1.29, 1.82) is 0 Å². The van der Waals surface area contributed by atoms with E-state index in [1.54, 1.807) is 12.3 Å². The van der Waals surface area contributed by atoms with Gasteiger partial charge in [0.1, 0.15) is 22.8 Å². The van der Waals surface area contributed by atoms with Gasteiger partial charge < -0.3 is 15.4 Å². The van der Waals surface area contributed by atoms with Crippen LogP contribution >= 0.6 is 0 Å². The highest BCUT2D eigenvalue weighted by atomic mass is 19.1. The van der Waals surface area contributed by atoms with Crippen molar-refractivity contribution in [2.75, 3.05) is 5.32 Å². The summed E-state index contributed by atoms with van der Waals surface area (Å²) in [5.74, 6) is -1.42. The van der Waals surface area contributed by atoms with Gasteiger partial charge in [-0.3, -0.25) is 14.0 Å². The average Bonchev–Trinajstić information content (AvgIpc) is 3.06. The summed E-state index contributed by atoms with van der Waals surface area (Å²) in [7, 11) is 0. The van der Waals surface area contributed by atoms with E-state index in [9.17, 15) is 19.1 Å². The topological polar surface area (TPSA) is 86.6 Å². The summed E-state index contributed by atoms with van der Waals surface area (Å²) in [5.41, 5.74) is 0.932. The fourth-order valence-corrected chi connectivity index (χ4v) is 4.31. The van der Waals surface area contributed by atoms with Crippen LogP contribution in [0, 0.1) is 12.7 Å². The number of nitrogens with zero attached hydrogens (tertiary/aromatic N) is 1. The van der Waals surface area contributed by atoms with Gasteiger partial charge in [-0.1, -0.05) is 26.2 Å². The largest absolute Gasteiger partial charge is 0.508 e. The second-order valence-electron chi connectivity index (χ2n) is 8.20. The second-order valence-corrected chi connectivity index (χ2v) is 8.20. The summed E-state index contributed by atoms with van der Waals surface area (Å²) in [6.45, 7) is 3.87. The first-order valence-electron chi connectivity index (χ1n) is 9.83. The molecule has 3 N–H and O–H groups in total. The number of rotatable bonds is 3. The number of carbonyl (C=O) groups is 1. The van der Waals surface area contributed by atoms with E-state index < -0.39 is 17.3 Å². The summed E-state index contributed by atoms with van der Waals surface area (Å²) < 4.78 is 16.1. The monoisotopic (exact) mass is 397 g/mol. The smallest absolute Gasteiger partial charge is 0.270 e. The van der Waals surface area contributed by atoms with Gasteiger partial charge in [-0.2, -0.15) is 0 Å². The Bertz CT molecular complexity index is 1160. The lowest BCUT2D eigenvalue weighted by Gasteiger charge is -2.34. The molecule has 1 fully saturated rings. The highest BCUT2D eigenvalue weighted by Gasteiger charge is 2.32. The Morgan fingerprint density at radius 2 is 1.97 bits per heavy atom. The Morgan fingerprint density at radius 3 is 2.69 bits per heavy atom. The molecule has 0 unspecified atom stereocenters. The zero-order valence-electron chi connectivity index (χ0n) is 16.5. The Balaban J connectivity index is 1.64. The molecule has 6 nitrogen and oxygen atoms in total. The maximum Gasteiger partial charge on any atom is 0.270 e. The van der Waals surface area contributed by atoms with Crippen molar-refractivity contribution in [1.82, 2.24) is 9.38 Å². The van der Waals surface area contributed by atoms with Crippen LogP contribution in [0.1, 0.15) is 60.5 Å². The van der Waals surface area contributed by atoms with Crippen molar-refractivity contribution in [3.8, 4) is 5.75 Å². The third-order valence-corrected chi connectivity index (χ3v) is 5.96. The Morgan fingerprint density at radius 1 is 1.24 bits per heavy atom. The van der Waals surface area contributed by atoms with Crippen LogP contribution in [0.3, 0.4) is 0 Å². The van der Waals surface area contributed by atoms with Crippen LogP contribution in [-0.2, 0) is 5.41 Å². The molecule has 0 saturated heterocycles. The third kappa shape index (κ3) is 3.41. The second kappa shape index (κ2) is 7.06. The SMILES string of the molecule is Cc1cc2[nH]cc(C(=O)Nc3cc(O)c(C4(C)CCCCC4)cc3F)c(=O)n2c1. The van der Waals surface area contributed by atoms with Crippen molar-refractivity contribution in [2.24, 2.45) is 0 Å². The molecule has 2 aromatic heterocycles. The van der Waals surface area contributed by atoms with E-state index in [4.69, 9.17) is 0 Å². The number of hydrogen-bond acceptors (Lipinski definition) is 3. The molecule has 4 rings (SSSR count). The molecule has 3 aromatic rings. The molecule has 1 saturated carbocycles. The van der Waals surface area contributed by atoms with Crippen molar-refractivity contribution in [2.45, 2.75) is 51.4 Å². The summed E-state index contributed by atoms with van der Waals surface area (Å²) in [6, 6.07) is 4.32. The molecule has 2 heterocycles.